The number of alkyl halides is 2. The Bertz CT molecular complexity index is 1200. The Kier molecular flexibility index (Phi) is 19.9. The Morgan fingerprint density at radius 3 is 1.90 bits per heavy atom. The highest BCUT2D eigenvalue weighted by Gasteiger charge is 2.25. The second kappa shape index (κ2) is 20.9. The summed E-state index contributed by atoms with van der Waals surface area (Å²) in [6.45, 7) is 28.7. The van der Waals surface area contributed by atoms with Crippen LogP contribution in [-0.2, 0) is 10.7 Å². The van der Waals surface area contributed by atoms with Crippen molar-refractivity contribution >= 4 is 11.3 Å². The van der Waals surface area contributed by atoms with Gasteiger partial charge in [0.05, 0.1) is 18.2 Å². The van der Waals surface area contributed by atoms with Gasteiger partial charge in [-0.1, -0.05) is 110 Å². The van der Waals surface area contributed by atoms with E-state index < -0.39 is 5.92 Å². The van der Waals surface area contributed by atoms with Gasteiger partial charge in [-0.25, -0.2) is 0 Å². The number of nitriles is 1. The fourth-order valence-corrected chi connectivity index (χ4v) is 3.07. The zero-order valence-electron chi connectivity index (χ0n) is 25.7. The minimum atomic E-state index is -2.96. The summed E-state index contributed by atoms with van der Waals surface area (Å²) in [4.78, 5) is 3.84. The van der Waals surface area contributed by atoms with Gasteiger partial charge in [-0.15, -0.1) is 0 Å². The van der Waals surface area contributed by atoms with Crippen LogP contribution in [0.15, 0.2) is 92.2 Å². The fraction of sp³-hybridized carbons (Fsp3) is 0.314. The zero-order valence-corrected chi connectivity index (χ0v) is 25.7. The molecule has 216 valence electrons. The molecule has 5 heteroatoms. The average Bonchev–Trinajstić information content (AvgIpc) is 2.99. The van der Waals surface area contributed by atoms with Gasteiger partial charge in [-0.05, 0) is 48.2 Å². The normalized spacial score (nSPS) is 9.25. The van der Waals surface area contributed by atoms with Crippen molar-refractivity contribution in [2.75, 3.05) is 6.61 Å². The molecule has 0 amide bonds. The summed E-state index contributed by atoms with van der Waals surface area (Å²) in [7, 11) is 0. The van der Waals surface area contributed by atoms with E-state index in [-0.39, 0.29) is 5.69 Å². The van der Waals surface area contributed by atoms with Crippen molar-refractivity contribution < 1.29 is 13.5 Å². The van der Waals surface area contributed by atoms with Crippen molar-refractivity contribution in [3.05, 3.63) is 115 Å². The third-order valence-electron chi connectivity index (χ3n) is 4.89. The van der Waals surface area contributed by atoms with Gasteiger partial charge in [-0.3, -0.25) is 4.98 Å². The van der Waals surface area contributed by atoms with Crippen molar-refractivity contribution in [2.45, 2.75) is 68.2 Å². The lowest BCUT2D eigenvalue weighted by Crippen LogP contribution is -2.09. The molecule has 0 saturated carbocycles. The van der Waals surface area contributed by atoms with E-state index >= 15 is 0 Å². The minimum absolute atomic E-state index is 0.267. The molecule has 0 aliphatic heterocycles. The van der Waals surface area contributed by atoms with E-state index in [0.29, 0.717) is 17.8 Å². The number of hydrogen-bond donors (Lipinski definition) is 0. The highest BCUT2D eigenvalue weighted by molar-refractivity contribution is 5.83. The number of aryl methyl sites for hydroxylation is 1. The average molecular weight is 549 g/mol. The second-order valence-electron chi connectivity index (χ2n) is 7.70. The molecule has 0 N–H and O–H groups in total. The van der Waals surface area contributed by atoms with Crippen LogP contribution >= 0.6 is 0 Å². The molecule has 1 heterocycles. The maximum atomic E-state index is 13.2. The van der Waals surface area contributed by atoms with Crippen LogP contribution in [0.5, 0.6) is 0 Å². The molecule has 0 radical (unpaired) electrons. The SMILES string of the molecule is C=C(C#N)C(=C)c1cc(C)cc(-c2ccc(C(C)(F)F)nc2)c1.C=C(OCC)c1ccccc1.CC.CC.CC. The topological polar surface area (TPSA) is 45.9 Å². The largest absolute Gasteiger partial charge is 0.494 e. The summed E-state index contributed by atoms with van der Waals surface area (Å²) in [6, 6.07) is 20.5. The first-order valence-corrected chi connectivity index (χ1v) is 13.7. The molecule has 1 aromatic heterocycles. The molecular formula is C35H46F2N2O. The number of hydrogen-bond acceptors (Lipinski definition) is 3. The third-order valence-corrected chi connectivity index (χ3v) is 4.89. The zero-order chi connectivity index (χ0) is 31.3. The monoisotopic (exact) mass is 548 g/mol. The molecule has 0 fully saturated rings. The van der Waals surface area contributed by atoms with Crippen LogP contribution in [-0.4, -0.2) is 11.6 Å². The van der Waals surface area contributed by atoms with Crippen LogP contribution in [0.3, 0.4) is 0 Å². The van der Waals surface area contributed by atoms with E-state index in [1.807, 2.05) is 110 Å². The van der Waals surface area contributed by atoms with E-state index in [1.54, 1.807) is 6.07 Å². The Morgan fingerprint density at radius 1 is 0.875 bits per heavy atom. The number of nitrogens with zero attached hydrogens (tertiary/aromatic N) is 2. The Labute approximate surface area is 241 Å². The number of aromatic nitrogens is 1. The maximum absolute atomic E-state index is 13.2. The van der Waals surface area contributed by atoms with Gasteiger partial charge >= 0.3 is 0 Å². The quantitative estimate of drug-likeness (QED) is 0.168. The first-order chi connectivity index (χ1) is 19.1. The van der Waals surface area contributed by atoms with Crippen LogP contribution in [0.25, 0.3) is 22.5 Å². The highest BCUT2D eigenvalue weighted by Crippen LogP contribution is 2.30. The van der Waals surface area contributed by atoms with Gasteiger partial charge in [0.15, 0.2) is 0 Å². The van der Waals surface area contributed by atoms with E-state index in [0.717, 1.165) is 40.5 Å². The molecule has 2 aromatic carbocycles. The van der Waals surface area contributed by atoms with Crippen LogP contribution < -0.4 is 0 Å². The Balaban J connectivity index is 0. The van der Waals surface area contributed by atoms with Crippen molar-refractivity contribution in [3.63, 3.8) is 0 Å². The molecule has 0 atom stereocenters. The summed E-state index contributed by atoms with van der Waals surface area (Å²) < 4.78 is 31.7. The van der Waals surface area contributed by atoms with Crippen molar-refractivity contribution in [3.8, 4) is 17.2 Å². The molecule has 3 nitrogen and oxygen atoms in total. The predicted octanol–water partition coefficient (Wildman–Crippen LogP) is 11.0. The molecule has 0 spiro atoms. The number of rotatable bonds is 7. The highest BCUT2D eigenvalue weighted by atomic mass is 19.3. The van der Waals surface area contributed by atoms with Gasteiger partial charge in [0.1, 0.15) is 11.5 Å². The Morgan fingerprint density at radius 2 is 1.45 bits per heavy atom. The summed E-state index contributed by atoms with van der Waals surface area (Å²) in [5, 5.41) is 8.94. The lowest BCUT2D eigenvalue weighted by Gasteiger charge is -2.12. The number of pyridine rings is 1. The molecule has 0 aliphatic carbocycles. The molecule has 3 rings (SSSR count). The molecule has 0 aliphatic rings. The number of halogens is 2. The first kappa shape index (κ1) is 38.1. The lowest BCUT2D eigenvalue weighted by atomic mass is 9.95. The second-order valence-corrected chi connectivity index (χ2v) is 7.70. The lowest BCUT2D eigenvalue weighted by molar-refractivity contribution is 0.0128. The van der Waals surface area contributed by atoms with Crippen molar-refractivity contribution in [1.82, 2.24) is 4.98 Å². The summed E-state index contributed by atoms with van der Waals surface area (Å²) in [6.07, 6.45) is 1.42. The molecular weight excluding hydrogens is 502 g/mol. The van der Waals surface area contributed by atoms with E-state index in [2.05, 4.69) is 24.7 Å². The van der Waals surface area contributed by atoms with Gasteiger partial charge in [0.2, 0.25) is 0 Å². The van der Waals surface area contributed by atoms with Crippen LogP contribution in [0.4, 0.5) is 8.78 Å². The molecule has 40 heavy (non-hydrogen) atoms. The van der Waals surface area contributed by atoms with Gasteiger partial charge in [-0.2, -0.15) is 14.0 Å². The van der Waals surface area contributed by atoms with Crippen molar-refractivity contribution in [1.29, 1.82) is 5.26 Å². The molecule has 0 unspecified atom stereocenters. The van der Waals surface area contributed by atoms with Gasteiger partial charge in [0, 0.05) is 24.2 Å². The Hall–Kier alpha value is -4.04. The summed E-state index contributed by atoms with van der Waals surface area (Å²) in [5.74, 6) is -2.22. The smallest absolute Gasteiger partial charge is 0.286 e. The summed E-state index contributed by atoms with van der Waals surface area (Å²) >= 11 is 0. The third kappa shape index (κ3) is 13.2. The number of benzene rings is 2. The summed E-state index contributed by atoms with van der Waals surface area (Å²) in [5.41, 5.74) is 4.91. The standard InChI is InChI=1S/C19H16F2N2.C10H12O.3C2H6/c1-12-7-16(14(3)13(2)10-22)9-17(8-12)15-5-6-18(23-11-15)19(4,20)21;1-3-11-9(2)10-7-5-4-6-8-10;3*1-2/h5-9,11H,2-3H2,1,4H3;4-8H,2-3H2,1H3;3*1-2H3. The first-order valence-electron chi connectivity index (χ1n) is 13.7. The minimum Gasteiger partial charge on any atom is -0.494 e. The number of allylic oxidation sites excluding steroid dienone is 2. The van der Waals surface area contributed by atoms with Gasteiger partial charge < -0.3 is 4.74 Å². The van der Waals surface area contributed by atoms with E-state index in [1.165, 1.54) is 12.3 Å². The predicted molar refractivity (Wildman–Crippen MR) is 169 cm³/mol. The van der Waals surface area contributed by atoms with Crippen LogP contribution in [0, 0.1) is 18.3 Å². The number of ether oxygens (including phenoxy) is 1. The molecule has 0 saturated heterocycles. The van der Waals surface area contributed by atoms with E-state index in [4.69, 9.17) is 10.00 Å². The van der Waals surface area contributed by atoms with E-state index in [9.17, 15) is 8.78 Å². The van der Waals surface area contributed by atoms with Crippen LogP contribution in [0.2, 0.25) is 0 Å². The maximum Gasteiger partial charge on any atom is 0.286 e. The van der Waals surface area contributed by atoms with Crippen LogP contribution in [0.1, 0.15) is 77.8 Å². The van der Waals surface area contributed by atoms with Crippen molar-refractivity contribution in [2.24, 2.45) is 0 Å². The fourth-order valence-electron chi connectivity index (χ4n) is 3.07. The molecule has 0 bridgehead atoms. The van der Waals surface area contributed by atoms with Gasteiger partial charge in [0.25, 0.3) is 5.92 Å². The molecule has 3 aromatic rings.